The molecule has 0 saturated heterocycles. The van der Waals surface area contributed by atoms with E-state index in [4.69, 9.17) is 25.5 Å². The van der Waals surface area contributed by atoms with Gasteiger partial charge in [-0.2, -0.15) is 13.2 Å². The topological polar surface area (TPSA) is 51.9 Å². The molecule has 0 amide bonds. The molecule has 3 aromatic carbocycles. The Hall–Kier alpha value is -3.01. The highest BCUT2D eigenvalue weighted by Gasteiger charge is 2.41. The summed E-state index contributed by atoms with van der Waals surface area (Å²) < 4.78 is 59.1. The molecule has 0 saturated carbocycles. The van der Waals surface area contributed by atoms with E-state index >= 15 is 0 Å². The number of hydrogen-bond acceptors (Lipinski definition) is 5. The van der Waals surface area contributed by atoms with Crippen LogP contribution in [-0.2, 0) is 19.1 Å². The van der Waals surface area contributed by atoms with Crippen LogP contribution in [0, 0.1) is 0 Å². The molecule has 0 unspecified atom stereocenters. The molecule has 186 valence electrons. The molecule has 5 rings (SSSR count). The molecular formula is C26H18BrClF3NO4. The van der Waals surface area contributed by atoms with Crippen LogP contribution in [0.15, 0.2) is 74.3 Å². The average molecular weight is 581 g/mol. The van der Waals surface area contributed by atoms with Crippen LogP contribution in [0.3, 0.4) is 0 Å². The van der Waals surface area contributed by atoms with Crippen molar-refractivity contribution in [2.45, 2.75) is 19.1 Å². The van der Waals surface area contributed by atoms with Gasteiger partial charge in [0.05, 0.1) is 15.4 Å². The lowest BCUT2D eigenvalue weighted by atomic mass is 10.1. The largest absolute Gasteiger partial charge is 0.478 e. The molecule has 5 nitrogen and oxygen atoms in total. The van der Waals surface area contributed by atoms with Crippen molar-refractivity contribution in [1.29, 1.82) is 0 Å². The second-order valence-electron chi connectivity index (χ2n) is 8.21. The van der Waals surface area contributed by atoms with Gasteiger partial charge in [-0.3, -0.25) is 9.69 Å². The summed E-state index contributed by atoms with van der Waals surface area (Å²) in [4.78, 5) is 15.2. The third kappa shape index (κ3) is 4.83. The second kappa shape index (κ2) is 9.80. The fraction of sp³-hybridized carbons (Fsp3) is 0.192. The van der Waals surface area contributed by atoms with Gasteiger partial charge < -0.3 is 13.9 Å². The van der Waals surface area contributed by atoms with Crippen LogP contribution in [0.4, 0.5) is 13.2 Å². The van der Waals surface area contributed by atoms with Crippen LogP contribution in [0.2, 0.25) is 5.02 Å². The molecule has 1 aromatic heterocycles. The van der Waals surface area contributed by atoms with Crippen LogP contribution >= 0.6 is 27.5 Å². The van der Waals surface area contributed by atoms with E-state index < -0.39 is 23.1 Å². The predicted molar refractivity (Wildman–Crippen MR) is 133 cm³/mol. The molecule has 4 aromatic rings. The van der Waals surface area contributed by atoms with Gasteiger partial charge in [0.1, 0.15) is 23.8 Å². The van der Waals surface area contributed by atoms with E-state index in [1.165, 1.54) is 12.1 Å². The lowest BCUT2D eigenvalue weighted by Gasteiger charge is -2.29. The molecular weight excluding hydrogens is 563 g/mol. The summed E-state index contributed by atoms with van der Waals surface area (Å²) >= 11 is 9.47. The van der Waals surface area contributed by atoms with Crippen molar-refractivity contribution >= 4 is 38.5 Å². The van der Waals surface area contributed by atoms with Crippen molar-refractivity contribution in [2.75, 3.05) is 13.3 Å². The Bertz CT molecular complexity index is 1510. The molecule has 0 aliphatic carbocycles. The zero-order valence-corrected chi connectivity index (χ0v) is 20.9. The number of nitrogens with zero attached hydrogens (tertiary/aromatic N) is 1. The Labute approximate surface area is 217 Å². The Balaban J connectivity index is 1.54. The summed E-state index contributed by atoms with van der Waals surface area (Å²) in [6, 6.07) is 16.7. The smallest absolute Gasteiger partial charge is 0.453 e. The van der Waals surface area contributed by atoms with Crippen molar-refractivity contribution in [3.05, 3.63) is 97.3 Å². The number of hydrogen-bond donors (Lipinski definition) is 0. The Morgan fingerprint density at radius 2 is 1.81 bits per heavy atom. The van der Waals surface area contributed by atoms with Crippen molar-refractivity contribution in [2.24, 2.45) is 0 Å². The Kier molecular flexibility index (Phi) is 6.72. The van der Waals surface area contributed by atoms with Crippen molar-refractivity contribution in [1.82, 2.24) is 4.90 Å². The predicted octanol–water partition coefficient (Wildman–Crippen LogP) is 7.41. The highest BCUT2D eigenvalue weighted by molar-refractivity contribution is 9.10. The normalized spacial score (nSPS) is 13.9. The minimum Gasteiger partial charge on any atom is -0.478 e. The molecule has 1 aliphatic heterocycles. The van der Waals surface area contributed by atoms with Gasteiger partial charge in [-0.25, -0.2) is 0 Å². The zero-order valence-electron chi connectivity index (χ0n) is 18.6. The molecule has 0 bridgehead atoms. The van der Waals surface area contributed by atoms with Crippen LogP contribution in [0.25, 0.3) is 11.0 Å². The van der Waals surface area contributed by atoms with Gasteiger partial charge in [-0.1, -0.05) is 41.9 Å². The fourth-order valence-corrected chi connectivity index (χ4v) is 4.63. The number of fused-ring (bicyclic) bond motifs is 3. The highest BCUT2D eigenvalue weighted by atomic mass is 79.9. The lowest BCUT2D eigenvalue weighted by Crippen LogP contribution is -2.34. The minimum absolute atomic E-state index is 0.0274. The number of ether oxygens (including phenoxy) is 2. The summed E-state index contributed by atoms with van der Waals surface area (Å²) in [7, 11) is 0. The first kappa shape index (κ1) is 24.7. The van der Waals surface area contributed by atoms with E-state index in [1.807, 2.05) is 23.1 Å². The van der Waals surface area contributed by atoms with Gasteiger partial charge in [-0.05, 0) is 58.2 Å². The number of alkyl halides is 3. The van der Waals surface area contributed by atoms with E-state index in [1.54, 1.807) is 30.3 Å². The monoisotopic (exact) mass is 579 g/mol. The third-order valence-corrected chi connectivity index (χ3v) is 6.85. The maximum absolute atomic E-state index is 14.0. The Morgan fingerprint density at radius 3 is 2.56 bits per heavy atom. The van der Waals surface area contributed by atoms with Crippen molar-refractivity contribution < 1.29 is 27.1 Å². The Morgan fingerprint density at radius 1 is 1.06 bits per heavy atom. The van der Waals surface area contributed by atoms with E-state index in [0.29, 0.717) is 33.8 Å². The zero-order chi connectivity index (χ0) is 25.4. The van der Waals surface area contributed by atoms with Crippen molar-refractivity contribution in [3.8, 4) is 17.2 Å². The maximum atomic E-state index is 14.0. The van der Waals surface area contributed by atoms with Crippen molar-refractivity contribution in [3.63, 3.8) is 0 Å². The highest BCUT2D eigenvalue weighted by Crippen LogP contribution is 2.41. The molecule has 2 heterocycles. The average Bonchev–Trinajstić information content (AvgIpc) is 2.85. The van der Waals surface area contributed by atoms with E-state index in [2.05, 4.69) is 15.9 Å². The van der Waals surface area contributed by atoms with E-state index in [0.717, 1.165) is 5.56 Å². The summed E-state index contributed by atoms with van der Waals surface area (Å²) in [5.41, 5.74) is 0.220. The fourth-order valence-electron chi connectivity index (χ4n) is 4.03. The summed E-state index contributed by atoms with van der Waals surface area (Å²) in [5, 5.41) is 0.611. The number of halogens is 5. The maximum Gasteiger partial charge on any atom is 0.453 e. The van der Waals surface area contributed by atoms with E-state index in [-0.39, 0.29) is 30.0 Å². The summed E-state index contributed by atoms with van der Waals surface area (Å²) in [6.07, 6.45) is -4.35. The number of para-hydroxylation sites is 1. The molecule has 1 aliphatic rings. The molecule has 0 atom stereocenters. The van der Waals surface area contributed by atoms with Gasteiger partial charge in [0.25, 0.3) is 5.76 Å². The number of benzene rings is 3. The molecule has 0 spiro atoms. The number of rotatable bonds is 5. The molecule has 36 heavy (non-hydrogen) atoms. The quantitative estimate of drug-likeness (QED) is 0.246. The minimum atomic E-state index is -4.97. The SMILES string of the molecule is O=c1c(Oc2ccccc2Br)c(C(F)(F)F)oc2c3c(ccc12)OCN(CCc1ccccc1Cl)C3. The molecule has 10 heteroatoms. The molecule has 0 fully saturated rings. The lowest BCUT2D eigenvalue weighted by molar-refractivity contribution is -0.154. The van der Waals surface area contributed by atoms with Gasteiger partial charge in [0.2, 0.25) is 11.2 Å². The first-order chi connectivity index (χ1) is 17.2. The third-order valence-electron chi connectivity index (χ3n) is 5.82. The first-order valence-electron chi connectivity index (χ1n) is 10.9. The standard InChI is InChI=1S/C26H18BrClF3NO4/c27-18-6-2-4-8-21(18)35-24-22(33)16-9-10-20-17(23(16)36-25(24)26(29,30)31)13-32(14-34-20)12-11-15-5-1-3-7-19(15)28/h1-10H,11-14H2. The first-order valence-corrected chi connectivity index (χ1v) is 12.1. The summed E-state index contributed by atoms with van der Waals surface area (Å²) in [6.45, 7) is 1.02. The van der Waals surface area contributed by atoms with Gasteiger partial charge >= 0.3 is 6.18 Å². The second-order valence-corrected chi connectivity index (χ2v) is 9.47. The van der Waals surface area contributed by atoms with Gasteiger partial charge in [0.15, 0.2) is 0 Å². The van der Waals surface area contributed by atoms with Crippen LogP contribution in [0.5, 0.6) is 17.2 Å². The van der Waals surface area contributed by atoms with Crippen LogP contribution in [0.1, 0.15) is 16.9 Å². The van der Waals surface area contributed by atoms with E-state index in [9.17, 15) is 18.0 Å². The molecule has 0 N–H and O–H groups in total. The van der Waals surface area contributed by atoms with Crippen LogP contribution < -0.4 is 14.9 Å². The summed E-state index contributed by atoms with van der Waals surface area (Å²) in [5.74, 6) is -2.00. The van der Waals surface area contributed by atoms with Gasteiger partial charge in [-0.15, -0.1) is 0 Å². The molecule has 0 radical (unpaired) electrons. The van der Waals surface area contributed by atoms with Gasteiger partial charge in [0, 0.05) is 18.1 Å². The van der Waals surface area contributed by atoms with Crippen LogP contribution in [-0.4, -0.2) is 18.2 Å².